The summed E-state index contributed by atoms with van der Waals surface area (Å²) in [6.07, 6.45) is -12.2. The molecule has 1 amide bonds. The van der Waals surface area contributed by atoms with Gasteiger partial charge in [0.25, 0.3) is 0 Å². The first-order chi connectivity index (χ1) is 11.2. The molecule has 1 aromatic rings. The summed E-state index contributed by atoms with van der Waals surface area (Å²) in [4.78, 5) is 11.7. The molecule has 0 saturated carbocycles. The summed E-state index contributed by atoms with van der Waals surface area (Å²) < 4.78 is 106. The van der Waals surface area contributed by atoms with E-state index in [2.05, 4.69) is 0 Å². The molecular formula is C14H14F8N2O. The van der Waals surface area contributed by atoms with Crippen molar-refractivity contribution in [2.45, 2.75) is 38.3 Å². The number of benzene rings is 1. The maximum absolute atomic E-state index is 13.6. The fourth-order valence-electron chi connectivity index (χ4n) is 1.76. The third-order valence-corrected chi connectivity index (χ3v) is 3.47. The van der Waals surface area contributed by atoms with Crippen LogP contribution in [-0.4, -0.2) is 23.9 Å². The number of carbonyl (C=O) groups is 1. The summed E-state index contributed by atoms with van der Waals surface area (Å²) in [7, 11) is 0. The predicted octanol–water partition coefficient (Wildman–Crippen LogP) is 4.36. The summed E-state index contributed by atoms with van der Waals surface area (Å²) in [6.45, 7) is 2.52. The number of anilines is 1. The summed E-state index contributed by atoms with van der Waals surface area (Å²) >= 11 is 0. The molecule has 11 heteroatoms. The van der Waals surface area contributed by atoms with Crippen LogP contribution in [0, 0.1) is 17.6 Å². The molecule has 0 radical (unpaired) electrons. The molecule has 3 nitrogen and oxygen atoms in total. The normalized spacial score (nSPS) is 14.2. The molecule has 0 spiro atoms. The summed E-state index contributed by atoms with van der Waals surface area (Å²) in [5.41, 5.74) is -6.22. The van der Waals surface area contributed by atoms with E-state index in [4.69, 9.17) is 0 Å². The van der Waals surface area contributed by atoms with Gasteiger partial charge < -0.3 is 10.6 Å². The van der Waals surface area contributed by atoms with Crippen LogP contribution in [0.25, 0.3) is 0 Å². The fourth-order valence-corrected chi connectivity index (χ4v) is 1.76. The van der Waals surface area contributed by atoms with Crippen molar-refractivity contribution in [1.82, 2.24) is 5.32 Å². The van der Waals surface area contributed by atoms with Gasteiger partial charge in [-0.2, -0.15) is 26.3 Å². The van der Waals surface area contributed by atoms with Crippen molar-refractivity contribution >= 4 is 11.6 Å². The monoisotopic (exact) mass is 378 g/mol. The van der Waals surface area contributed by atoms with Gasteiger partial charge in [-0.05, 0) is 18.6 Å². The molecule has 0 heterocycles. The summed E-state index contributed by atoms with van der Waals surface area (Å²) in [5.74, 6) is -5.58. The molecule has 142 valence electrons. The molecule has 0 aliphatic rings. The van der Waals surface area contributed by atoms with E-state index in [1.807, 2.05) is 0 Å². The number of carbonyl (C=O) groups excluding carboxylic acids is 1. The molecule has 0 aliphatic heterocycles. The largest absolute Gasteiger partial charge is 0.439 e. The minimum atomic E-state index is -6.07. The molecule has 1 rings (SSSR count). The van der Waals surface area contributed by atoms with E-state index in [1.165, 1.54) is 6.92 Å². The zero-order chi connectivity index (χ0) is 19.6. The van der Waals surface area contributed by atoms with E-state index in [9.17, 15) is 39.9 Å². The van der Waals surface area contributed by atoms with Gasteiger partial charge in [-0.15, -0.1) is 0 Å². The average molecular weight is 378 g/mol. The van der Waals surface area contributed by atoms with Gasteiger partial charge in [-0.25, -0.2) is 8.78 Å². The van der Waals surface area contributed by atoms with Crippen LogP contribution in [0.2, 0.25) is 0 Å². The second-order valence-corrected chi connectivity index (χ2v) is 5.29. The standard InChI is InChI=1S/C14H14F8N2O/c1-3-7(2)11(25)24-12(13(17,18)19,14(20,21)22)23-10-5-4-8(15)6-9(10)16/h4-7,23H,3H2,1-2H3,(H,24,25). The lowest BCUT2D eigenvalue weighted by molar-refractivity contribution is -0.296. The Hall–Kier alpha value is -2.07. The number of alkyl halides is 6. The van der Waals surface area contributed by atoms with Crippen molar-refractivity contribution < 1.29 is 39.9 Å². The predicted molar refractivity (Wildman–Crippen MR) is 72.4 cm³/mol. The SMILES string of the molecule is CCC(C)C(=O)NC(Nc1ccc(F)cc1F)(C(F)(F)F)C(F)(F)F. The lowest BCUT2D eigenvalue weighted by atomic mass is 10.0. The van der Waals surface area contributed by atoms with E-state index >= 15 is 0 Å². The second kappa shape index (κ2) is 7.04. The third kappa shape index (κ3) is 4.31. The van der Waals surface area contributed by atoms with Gasteiger partial charge in [0.05, 0.1) is 5.69 Å². The van der Waals surface area contributed by atoms with Gasteiger partial charge in [0.1, 0.15) is 11.6 Å². The number of amides is 1. The Labute approximate surface area is 137 Å². The van der Waals surface area contributed by atoms with Crippen LogP contribution in [0.15, 0.2) is 18.2 Å². The van der Waals surface area contributed by atoms with Gasteiger partial charge in [-0.3, -0.25) is 4.79 Å². The van der Waals surface area contributed by atoms with Gasteiger partial charge in [-0.1, -0.05) is 13.8 Å². The Morgan fingerprint density at radius 3 is 2.00 bits per heavy atom. The molecule has 1 atom stereocenters. The summed E-state index contributed by atoms with van der Waals surface area (Å²) in [5, 5.41) is 1.85. The van der Waals surface area contributed by atoms with E-state index in [0.29, 0.717) is 12.1 Å². The maximum atomic E-state index is 13.6. The second-order valence-electron chi connectivity index (χ2n) is 5.29. The van der Waals surface area contributed by atoms with E-state index in [-0.39, 0.29) is 12.5 Å². The van der Waals surface area contributed by atoms with Crippen LogP contribution in [0.5, 0.6) is 0 Å². The zero-order valence-electron chi connectivity index (χ0n) is 12.9. The number of halogens is 8. The molecule has 0 saturated heterocycles. The molecule has 25 heavy (non-hydrogen) atoms. The Morgan fingerprint density at radius 1 is 1.08 bits per heavy atom. The molecule has 0 aliphatic carbocycles. The minimum absolute atomic E-state index is 0.0253. The maximum Gasteiger partial charge on any atom is 0.439 e. The molecule has 1 unspecified atom stereocenters. The number of rotatable bonds is 5. The van der Waals surface area contributed by atoms with Crippen molar-refractivity contribution in [3.63, 3.8) is 0 Å². The minimum Gasteiger partial charge on any atom is -0.345 e. The molecular weight excluding hydrogens is 364 g/mol. The molecule has 2 N–H and O–H groups in total. The van der Waals surface area contributed by atoms with Crippen LogP contribution >= 0.6 is 0 Å². The van der Waals surface area contributed by atoms with Crippen LogP contribution < -0.4 is 10.6 Å². The highest BCUT2D eigenvalue weighted by Gasteiger charge is 2.72. The van der Waals surface area contributed by atoms with Crippen LogP contribution in [0.3, 0.4) is 0 Å². The van der Waals surface area contributed by atoms with Crippen molar-refractivity contribution in [2.75, 3.05) is 5.32 Å². The Morgan fingerprint density at radius 2 is 1.60 bits per heavy atom. The van der Waals surface area contributed by atoms with Crippen LogP contribution in [0.1, 0.15) is 20.3 Å². The third-order valence-electron chi connectivity index (χ3n) is 3.47. The molecule has 1 aromatic carbocycles. The van der Waals surface area contributed by atoms with Gasteiger partial charge in [0, 0.05) is 12.0 Å². The van der Waals surface area contributed by atoms with E-state index in [0.717, 1.165) is 17.6 Å². The first kappa shape index (κ1) is 21.0. The zero-order valence-corrected chi connectivity index (χ0v) is 12.9. The molecule has 0 aromatic heterocycles. The first-order valence-corrected chi connectivity index (χ1v) is 6.94. The lowest BCUT2D eigenvalue weighted by Gasteiger charge is -2.39. The van der Waals surface area contributed by atoms with Gasteiger partial charge >= 0.3 is 18.0 Å². The highest BCUT2D eigenvalue weighted by Crippen LogP contribution is 2.44. The number of hydrogen-bond donors (Lipinski definition) is 2. The van der Waals surface area contributed by atoms with Crippen LogP contribution in [-0.2, 0) is 4.79 Å². The van der Waals surface area contributed by atoms with Crippen LogP contribution in [0.4, 0.5) is 40.8 Å². The Bertz CT molecular complexity index is 612. The van der Waals surface area contributed by atoms with E-state index < -0.39 is 47.2 Å². The smallest absolute Gasteiger partial charge is 0.345 e. The molecule has 0 bridgehead atoms. The average Bonchev–Trinajstić information content (AvgIpc) is 2.45. The topological polar surface area (TPSA) is 41.1 Å². The Kier molecular flexibility index (Phi) is 5.91. The van der Waals surface area contributed by atoms with Crippen molar-refractivity contribution in [2.24, 2.45) is 5.92 Å². The quantitative estimate of drug-likeness (QED) is 0.591. The van der Waals surface area contributed by atoms with Crippen molar-refractivity contribution in [3.8, 4) is 0 Å². The van der Waals surface area contributed by atoms with Crippen molar-refractivity contribution in [3.05, 3.63) is 29.8 Å². The Balaban J connectivity index is 3.47. The lowest BCUT2D eigenvalue weighted by Crippen LogP contribution is -2.72. The molecule has 0 fully saturated rings. The summed E-state index contributed by atoms with van der Waals surface area (Å²) in [6, 6.07) is 0.946. The number of nitrogens with one attached hydrogen (secondary N) is 2. The van der Waals surface area contributed by atoms with Gasteiger partial charge in [0.2, 0.25) is 5.91 Å². The number of hydrogen-bond acceptors (Lipinski definition) is 2. The van der Waals surface area contributed by atoms with Crippen molar-refractivity contribution in [1.29, 1.82) is 0 Å². The first-order valence-electron chi connectivity index (χ1n) is 6.94. The highest BCUT2D eigenvalue weighted by atomic mass is 19.4. The van der Waals surface area contributed by atoms with E-state index in [1.54, 1.807) is 0 Å². The van der Waals surface area contributed by atoms with Gasteiger partial charge in [0.15, 0.2) is 0 Å². The highest BCUT2D eigenvalue weighted by molar-refractivity contribution is 5.80. The fraction of sp³-hybridized carbons (Fsp3) is 0.500.